The summed E-state index contributed by atoms with van der Waals surface area (Å²) < 4.78 is 45.9. The van der Waals surface area contributed by atoms with E-state index >= 15 is 0 Å². The summed E-state index contributed by atoms with van der Waals surface area (Å²) in [7, 11) is 0. The van der Waals surface area contributed by atoms with Crippen LogP contribution in [0.4, 0.5) is 19.0 Å². The van der Waals surface area contributed by atoms with E-state index in [0.29, 0.717) is 32.2 Å². The number of benzene rings is 1. The lowest BCUT2D eigenvalue weighted by Gasteiger charge is -2.24. The summed E-state index contributed by atoms with van der Waals surface area (Å²) >= 11 is 0. The SMILES string of the molecule is O=C(N[C@@H](CCN(CCCCc1ccc2c(n1)NCCC2)CCOCC1CC1)C(=O)O)c1ccccc1C(F)(F)F. The van der Waals surface area contributed by atoms with Gasteiger partial charge in [-0.25, -0.2) is 9.78 Å². The molecule has 1 aromatic carbocycles. The average Bonchev–Trinajstić information content (AvgIpc) is 3.78. The number of carboxylic acids is 1. The Kier molecular flexibility index (Phi) is 11.0. The number of nitrogens with one attached hydrogen (secondary N) is 2. The van der Waals surface area contributed by atoms with E-state index in [9.17, 15) is 27.9 Å². The van der Waals surface area contributed by atoms with Gasteiger partial charge in [-0.2, -0.15) is 13.2 Å². The van der Waals surface area contributed by atoms with E-state index in [-0.39, 0.29) is 6.42 Å². The van der Waals surface area contributed by atoms with Gasteiger partial charge in [0.05, 0.1) is 17.7 Å². The Bertz CT molecular complexity index is 1170. The first-order valence-corrected chi connectivity index (χ1v) is 14.4. The summed E-state index contributed by atoms with van der Waals surface area (Å²) in [6, 6.07) is 7.26. The van der Waals surface area contributed by atoms with Crippen LogP contribution in [0.1, 0.15) is 65.7 Å². The zero-order valence-electron chi connectivity index (χ0n) is 23.2. The summed E-state index contributed by atoms with van der Waals surface area (Å²) in [5, 5.41) is 15.4. The van der Waals surface area contributed by atoms with E-state index in [1.54, 1.807) is 0 Å². The smallest absolute Gasteiger partial charge is 0.417 e. The van der Waals surface area contributed by atoms with Crippen LogP contribution in [0, 0.1) is 5.92 Å². The van der Waals surface area contributed by atoms with Crippen molar-refractivity contribution in [3.05, 3.63) is 58.8 Å². The Morgan fingerprint density at radius 3 is 2.68 bits per heavy atom. The van der Waals surface area contributed by atoms with E-state index in [4.69, 9.17) is 9.72 Å². The van der Waals surface area contributed by atoms with Gasteiger partial charge >= 0.3 is 12.1 Å². The monoisotopic (exact) mass is 576 g/mol. The van der Waals surface area contributed by atoms with Crippen LogP contribution in [0.3, 0.4) is 0 Å². The fraction of sp³-hybridized carbons (Fsp3) is 0.567. The first kappa shape index (κ1) is 30.8. The third-order valence-electron chi connectivity index (χ3n) is 7.53. The predicted octanol–water partition coefficient (Wildman–Crippen LogP) is 4.78. The summed E-state index contributed by atoms with van der Waals surface area (Å²) in [5.41, 5.74) is 0.590. The van der Waals surface area contributed by atoms with Gasteiger partial charge in [-0.1, -0.05) is 18.2 Å². The predicted molar refractivity (Wildman–Crippen MR) is 149 cm³/mol. The van der Waals surface area contributed by atoms with Gasteiger partial charge in [-0.05, 0) is 87.6 Å². The van der Waals surface area contributed by atoms with Crippen molar-refractivity contribution in [2.24, 2.45) is 5.92 Å². The number of carboxylic acid groups (broad SMARTS) is 1. The molecule has 2 aliphatic rings. The lowest BCUT2D eigenvalue weighted by atomic mass is 10.1. The Morgan fingerprint density at radius 2 is 1.93 bits per heavy atom. The minimum Gasteiger partial charge on any atom is -0.480 e. The topological polar surface area (TPSA) is 104 Å². The van der Waals surface area contributed by atoms with Crippen LogP contribution < -0.4 is 10.6 Å². The van der Waals surface area contributed by atoms with Crippen molar-refractivity contribution >= 4 is 17.7 Å². The van der Waals surface area contributed by atoms with Gasteiger partial charge in [-0.15, -0.1) is 0 Å². The average molecular weight is 577 g/mol. The van der Waals surface area contributed by atoms with Crippen LogP contribution in [-0.2, 0) is 28.5 Å². The van der Waals surface area contributed by atoms with Crippen LogP contribution in [0.5, 0.6) is 0 Å². The largest absolute Gasteiger partial charge is 0.480 e. The molecule has 0 radical (unpaired) electrons. The number of aryl methyl sites for hydroxylation is 2. The highest BCUT2D eigenvalue weighted by molar-refractivity contribution is 5.98. The zero-order valence-corrected chi connectivity index (χ0v) is 23.2. The molecule has 11 heteroatoms. The molecule has 1 aliphatic carbocycles. The van der Waals surface area contributed by atoms with Gasteiger partial charge < -0.3 is 25.4 Å². The zero-order chi connectivity index (χ0) is 29.2. The second-order valence-electron chi connectivity index (χ2n) is 10.9. The first-order valence-electron chi connectivity index (χ1n) is 14.4. The van der Waals surface area contributed by atoms with Crippen molar-refractivity contribution in [1.29, 1.82) is 0 Å². The van der Waals surface area contributed by atoms with E-state index in [1.807, 2.05) is 0 Å². The molecule has 41 heavy (non-hydrogen) atoms. The second-order valence-corrected chi connectivity index (χ2v) is 10.9. The summed E-state index contributed by atoms with van der Waals surface area (Å²) in [5.74, 6) is -0.743. The summed E-state index contributed by atoms with van der Waals surface area (Å²) in [6.45, 7) is 3.83. The molecule has 1 amide bonds. The van der Waals surface area contributed by atoms with Gasteiger partial charge in [-0.3, -0.25) is 4.79 Å². The van der Waals surface area contributed by atoms with Crippen molar-refractivity contribution in [1.82, 2.24) is 15.2 Å². The van der Waals surface area contributed by atoms with Gasteiger partial charge in [0.25, 0.3) is 5.91 Å². The minimum absolute atomic E-state index is 0.0515. The number of ether oxygens (including phenoxy) is 1. The maximum absolute atomic E-state index is 13.4. The molecule has 1 aliphatic heterocycles. The van der Waals surface area contributed by atoms with Crippen molar-refractivity contribution in [2.75, 3.05) is 44.7 Å². The number of hydrogen-bond donors (Lipinski definition) is 3. The van der Waals surface area contributed by atoms with Crippen molar-refractivity contribution in [3.8, 4) is 0 Å². The molecule has 1 saturated carbocycles. The fourth-order valence-corrected chi connectivity index (χ4v) is 4.95. The maximum Gasteiger partial charge on any atom is 0.417 e. The number of carbonyl (C=O) groups is 2. The molecule has 0 spiro atoms. The van der Waals surface area contributed by atoms with Crippen LogP contribution in [0.25, 0.3) is 0 Å². The van der Waals surface area contributed by atoms with E-state index < -0.39 is 35.2 Å². The molecule has 0 saturated heterocycles. The molecule has 0 unspecified atom stereocenters. The third-order valence-corrected chi connectivity index (χ3v) is 7.53. The molecule has 0 bridgehead atoms. The summed E-state index contributed by atoms with van der Waals surface area (Å²) in [4.78, 5) is 31.4. The maximum atomic E-state index is 13.4. The number of aromatic nitrogens is 1. The quantitative estimate of drug-likeness (QED) is 0.247. The summed E-state index contributed by atoms with van der Waals surface area (Å²) in [6.07, 6.45) is 2.44. The molecule has 3 N–H and O–H groups in total. The standard InChI is InChI=1S/C30H39F3N4O4/c31-30(32,33)25-9-2-1-8-24(25)28(38)36-26(29(39)40)14-17-37(18-19-41-20-21-10-11-21)16-4-3-7-23-13-12-22-6-5-15-34-27(22)35-23/h1-2,8-9,12-13,21,26H,3-7,10-11,14-20H2,(H,34,35)(H,36,38)(H,39,40)/t26-/m0/s1. The van der Waals surface area contributed by atoms with Gasteiger partial charge in [0.1, 0.15) is 11.9 Å². The number of rotatable bonds is 16. The molecule has 224 valence electrons. The molecular weight excluding hydrogens is 537 g/mol. The normalized spacial score (nSPS) is 15.7. The molecule has 4 rings (SSSR count). The van der Waals surface area contributed by atoms with Crippen molar-refractivity contribution in [2.45, 2.75) is 63.6 Å². The Hall–Kier alpha value is -3.18. The number of unbranched alkanes of at least 4 members (excludes halogenated alkanes) is 1. The Labute approximate surface area is 238 Å². The van der Waals surface area contributed by atoms with E-state index in [2.05, 4.69) is 27.7 Å². The van der Waals surface area contributed by atoms with Gasteiger partial charge in [0, 0.05) is 31.9 Å². The first-order chi connectivity index (χ1) is 19.7. The van der Waals surface area contributed by atoms with E-state index in [0.717, 1.165) is 68.9 Å². The lowest BCUT2D eigenvalue weighted by molar-refractivity contribution is -0.139. The molecular formula is C30H39F3N4O4. The van der Waals surface area contributed by atoms with Crippen LogP contribution in [-0.4, -0.2) is 72.3 Å². The van der Waals surface area contributed by atoms with Crippen LogP contribution >= 0.6 is 0 Å². The number of fused-ring (bicyclic) bond motifs is 1. The Balaban J connectivity index is 1.30. The van der Waals surface area contributed by atoms with Gasteiger partial charge in [0.15, 0.2) is 0 Å². The lowest BCUT2D eigenvalue weighted by Crippen LogP contribution is -2.44. The number of anilines is 1. The number of halogens is 3. The van der Waals surface area contributed by atoms with Crippen molar-refractivity contribution < 1.29 is 32.6 Å². The third kappa shape index (κ3) is 9.71. The second kappa shape index (κ2) is 14.6. The minimum atomic E-state index is -4.73. The highest BCUT2D eigenvalue weighted by Crippen LogP contribution is 2.32. The number of nitrogens with zero attached hydrogens (tertiary/aromatic N) is 2. The number of aliphatic carboxylic acids is 1. The van der Waals surface area contributed by atoms with Gasteiger partial charge in [0.2, 0.25) is 0 Å². The molecule has 2 aromatic rings. The molecule has 8 nitrogen and oxygen atoms in total. The Morgan fingerprint density at radius 1 is 1.12 bits per heavy atom. The van der Waals surface area contributed by atoms with E-state index in [1.165, 1.54) is 30.5 Å². The van der Waals surface area contributed by atoms with Crippen LogP contribution in [0.2, 0.25) is 0 Å². The number of hydrogen-bond acceptors (Lipinski definition) is 6. The number of pyridine rings is 1. The highest BCUT2D eigenvalue weighted by atomic mass is 19.4. The molecule has 1 fully saturated rings. The fourth-order valence-electron chi connectivity index (χ4n) is 4.95. The number of carbonyl (C=O) groups excluding carboxylic acids is 1. The van der Waals surface area contributed by atoms with Crippen LogP contribution in [0.15, 0.2) is 36.4 Å². The number of alkyl halides is 3. The molecule has 1 atom stereocenters. The molecule has 2 heterocycles. The van der Waals surface area contributed by atoms with Crippen molar-refractivity contribution in [3.63, 3.8) is 0 Å². The molecule has 1 aromatic heterocycles. The highest BCUT2D eigenvalue weighted by Gasteiger charge is 2.35. The number of amides is 1.